The van der Waals surface area contributed by atoms with Crippen LogP contribution < -0.4 is 24.8 Å². The molecule has 0 unspecified atom stereocenters. The number of aryl methyl sites for hydroxylation is 4. The molecule has 0 bridgehead atoms. The molecule has 4 aliphatic carbocycles. The van der Waals surface area contributed by atoms with Crippen LogP contribution in [0, 0.1) is 12.2 Å². The summed E-state index contributed by atoms with van der Waals surface area (Å²) in [4.78, 5) is 0. The molecule has 4 heteroatoms. The average molecular weight is 886 g/mol. The molecule has 0 amide bonds. The first kappa shape index (κ1) is 48.2. The molecule has 4 aliphatic rings. The summed E-state index contributed by atoms with van der Waals surface area (Å²) in [6, 6.07) is 34.3. The smallest absolute Gasteiger partial charge is 0.0512 e. The first-order valence-electron chi connectivity index (χ1n) is 18.3. The van der Waals surface area contributed by atoms with Crippen LogP contribution in [0.3, 0.4) is 0 Å². The third-order valence-electron chi connectivity index (χ3n) is 9.43. The Morgan fingerprint density at radius 2 is 0.865 bits per heavy atom. The average Bonchev–Trinajstić information content (AvgIpc) is 3.97. The Balaban J connectivity index is 0.000000311. The van der Waals surface area contributed by atoms with Crippen LogP contribution in [0.15, 0.2) is 132 Å². The van der Waals surface area contributed by atoms with Gasteiger partial charge in [0, 0.05) is 0 Å². The molecule has 0 nitrogen and oxygen atoms in total. The van der Waals surface area contributed by atoms with Gasteiger partial charge in [-0.05, 0) is 0 Å². The zero-order valence-corrected chi connectivity index (χ0v) is 38.6. The molecule has 0 aliphatic heterocycles. The van der Waals surface area contributed by atoms with E-state index in [-0.39, 0.29) is 24.8 Å². The van der Waals surface area contributed by atoms with Gasteiger partial charge in [-0.15, -0.1) is 26.7 Å². The molecular formula is C48H56Cl2Zr2-2. The molecule has 0 saturated carbocycles. The number of hydrogen-bond acceptors (Lipinski definition) is 0. The van der Waals surface area contributed by atoms with E-state index in [0.717, 1.165) is 12.8 Å². The van der Waals surface area contributed by atoms with Gasteiger partial charge in [0.05, 0.1) is 0 Å². The van der Waals surface area contributed by atoms with Crippen molar-refractivity contribution in [1.82, 2.24) is 0 Å². The summed E-state index contributed by atoms with van der Waals surface area (Å²) in [6.45, 7) is 12.9. The van der Waals surface area contributed by atoms with Gasteiger partial charge in [-0.1, -0.05) is 65.2 Å². The molecule has 52 heavy (non-hydrogen) atoms. The molecular weight excluding hydrogens is 830 g/mol. The fraction of sp³-hybridized carbons (Fsp3) is 0.333. The summed E-state index contributed by atoms with van der Waals surface area (Å²) in [5.74, 6) is 0. The van der Waals surface area contributed by atoms with Gasteiger partial charge in [-0.3, -0.25) is 12.2 Å². The second kappa shape index (κ2) is 27.7. The number of hydrogen-bond donors (Lipinski definition) is 0. The van der Waals surface area contributed by atoms with E-state index < -0.39 is 0 Å². The van der Waals surface area contributed by atoms with E-state index in [2.05, 4.69) is 151 Å². The van der Waals surface area contributed by atoms with Crippen molar-refractivity contribution in [2.24, 2.45) is 0 Å². The van der Waals surface area contributed by atoms with Crippen molar-refractivity contribution < 1.29 is 73.3 Å². The first-order valence-corrected chi connectivity index (χ1v) is 20.8. The Kier molecular flexibility index (Phi) is 25.7. The van der Waals surface area contributed by atoms with Crippen molar-refractivity contribution >= 4 is 6.41 Å². The van der Waals surface area contributed by atoms with Gasteiger partial charge in [0.2, 0.25) is 0 Å². The van der Waals surface area contributed by atoms with Crippen molar-refractivity contribution in [2.75, 3.05) is 0 Å². The van der Waals surface area contributed by atoms with Crippen LogP contribution in [-0.2, 0) is 74.2 Å². The Bertz CT molecular complexity index is 1560. The van der Waals surface area contributed by atoms with Crippen molar-refractivity contribution in [3.63, 3.8) is 0 Å². The van der Waals surface area contributed by atoms with E-state index in [0.29, 0.717) is 0 Å². The quantitative estimate of drug-likeness (QED) is 0.208. The van der Waals surface area contributed by atoms with E-state index in [1.807, 2.05) is 12.1 Å². The van der Waals surface area contributed by atoms with E-state index in [1.54, 1.807) is 22.3 Å². The zero-order chi connectivity index (χ0) is 36.1. The van der Waals surface area contributed by atoms with Gasteiger partial charge >= 0.3 is 141 Å². The molecule has 0 fully saturated rings. The maximum Gasteiger partial charge on any atom is -0.0512 e. The molecule has 0 aromatic heterocycles. The molecule has 4 aromatic rings. The monoisotopic (exact) mass is 882 g/mol. The maximum absolute atomic E-state index is 3.12. The Hall–Kier alpha value is -1.81. The van der Waals surface area contributed by atoms with Gasteiger partial charge < -0.3 is 24.8 Å². The van der Waals surface area contributed by atoms with E-state index in [9.17, 15) is 0 Å². The van der Waals surface area contributed by atoms with Crippen molar-refractivity contribution in [2.45, 2.75) is 106 Å². The Labute approximate surface area is 359 Å². The molecule has 0 atom stereocenters. The number of benzene rings is 2. The van der Waals surface area contributed by atoms with Gasteiger partial charge in [0.1, 0.15) is 0 Å². The minimum atomic E-state index is 0. The maximum atomic E-state index is 3.12. The first-order chi connectivity index (χ1) is 24.2. The van der Waals surface area contributed by atoms with Crippen molar-refractivity contribution in [3.8, 4) is 0 Å². The minimum Gasteiger partial charge on any atom is -1.00 e. The number of allylic oxidation sites excluding steroid dienone is 8. The summed E-state index contributed by atoms with van der Waals surface area (Å²) in [5, 5.41) is 0. The van der Waals surface area contributed by atoms with Crippen LogP contribution in [-0.4, -0.2) is 6.41 Å². The van der Waals surface area contributed by atoms with Crippen LogP contribution in [0.1, 0.15) is 113 Å². The minimum absolute atomic E-state index is 0. The third-order valence-corrected chi connectivity index (χ3v) is 10.8. The standard InChI is InChI=1S/2C9H11.2C8H8.2C7H9.2ClH.2Zr/c2*1-2-5-9-7-3-6-8(9)4-1;2*1-2-8-6-4-3-5-7-8;2*1-6-4-3-5-7(6)2;;;;/h2*3,6-7H,1-2,4-5H2;2*3-7H,1H3;2*4H,5H2,1-2H3;2*1H;;/q2*-1;;;2*-1;;;2*+2/p-2. The largest absolute Gasteiger partial charge is 1.00 e. The Morgan fingerprint density at radius 1 is 0.519 bits per heavy atom. The molecule has 0 N–H and O–H groups in total. The second-order valence-corrected chi connectivity index (χ2v) is 17.2. The number of rotatable bonds is 2. The molecule has 0 heterocycles. The van der Waals surface area contributed by atoms with Crippen LogP contribution in [0.2, 0.25) is 0 Å². The van der Waals surface area contributed by atoms with E-state index >= 15 is 0 Å². The predicted octanol–water partition coefficient (Wildman–Crippen LogP) is 6.30. The summed E-state index contributed by atoms with van der Waals surface area (Å²) in [6.07, 6.45) is 23.3. The molecule has 0 radical (unpaired) electrons. The van der Waals surface area contributed by atoms with Crippen LogP contribution in [0.25, 0.3) is 0 Å². The van der Waals surface area contributed by atoms with Crippen LogP contribution >= 0.6 is 0 Å². The second-order valence-electron chi connectivity index (χ2n) is 13.5. The predicted molar refractivity (Wildman–Crippen MR) is 211 cm³/mol. The van der Waals surface area contributed by atoms with Gasteiger partial charge in [0.25, 0.3) is 0 Å². The normalized spacial score (nSPS) is 14.3. The van der Waals surface area contributed by atoms with Gasteiger partial charge in [-0.25, -0.2) is 35.4 Å². The molecule has 8 rings (SSSR count). The topological polar surface area (TPSA) is 0 Å². The number of fused-ring (bicyclic) bond motifs is 2. The molecule has 0 saturated heterocycles. The van der Waals surface area contributed by atoms with E-state index in [1.165, 1.54) is 140 Å². The summed E-state index contributed by atoms with van der Waals surface area (Å²) < 4.78 is 2.92. The zero-order valence-electron chi connectivity index (χ0n) is 32.2. The molecule has 4 aromatic carbocycles. The van der Waals surface area contributed by atoms with Crippen molar-refractivity contribution in [1.29, 1.82) is 0 Å². The van der Waals surface area contributed by atoms with Crippen LogP contribution in [0.4, 0.5) is 0 Å². The fourth-order valence-electron chi connectivity index (χ4n) is 5.84. The SMILES string of the molecule is CC1=C(C)C[C-]=C1.CC1=C(C)C[C-]=C1.C[C](=[Zr+2])c1ccccc1.C[C](=[Zr+2])c1ccccc1.[Cl-].[Cl-].c1cc2c([cH-]1)CCCC2.c1cc2c([cH-]1)CCCC2. The van der Waals surface area contributed by atoms with E-state index in [4.69, 9.17) is 0 Å². The molecule has 0 spiro atoms. The fourth-order valence-corrected chi connectivity index (χ4v) is 6.66. The Morgan fingerprint density at radius 3 is 1.10 bits per heavy atom. The van der Waals surface area contributed by atoms with Gasteiger partial charge in [0.15, 0.2) is 0 Å². The van der Waals surface area contributed by atoms with Crippen LogP contribution in [0.5, 0.6) is 0 Å². The number of halogens is 2. The molecule has 272 valence electrons. The van der Waals surface area contributed by atoms with Gasteiger partial charge in [-0.2, -0.15) is 57.7 Å². The summed E-state index contributed by atoms with van der Waals surface area (Å²) in [5.41, 5.74) is 14.8. The summed E-state index contributed by atoms with van der Waals surface area (Å²) in [7, 11) is 0. The van der Waals surface area contributed by atoms with Crippen molar-refractivity contribution in [3.05, 3.63) is 177 Å². The third kappa shape index (κ3) is 18.5. The summed E-state index contributed by atoms with van der Waals surface area (Å²) >= 11 is 3.01.